The maximum Gasteiger partial charge on any atom is 0.0400 e. The molecule has 0 saturated heterocycles. The second-order valence-electron chi connectivity index (χ2n) is 6.02. The van der Waals surface area contributed by atoms with Crippen molar-refractivity contribution in [2.45, 2.75) is 26.2 Å². The number of aryl methyl sites for hydroxylation is 3. The molecule has 0 atom stereocenters. The highest BCUT2D eigenvalue weighted by Gasteiger charge is 2.10. The van der Waals surface area contributed by atoms with Gasteiger partial charge in [-0.15, -0.1) is 0 Å². The smallest absolute Gasteiger partial charge is 0.0400 e. The minimum Gasteiger partial charge on any atom is -0.381 e. The van der Waals surface area contributed by atoms with Crippen molar-refractivity contribution in [3.05, 3.63) is 82.9 Å². The number of nitrogens with one attached hydrogen (secondary N) is 1. The van der Waals surface area contributed by atoms with E-state index in [1.54, 1.807) is 0 Å². The molecule has 0 heterocycles. The second kappa shape index (κ2) is 6.65. The molecule has 112 valence electrons. The summed E-state index contributed by atoms with van der Waals surface area (Å²) >= 11 is 0. The Balaban J connectivity index is 1.70. The fraction of sp³-hybridized carbons (Fsp3) is 0.238. The first-order chi connectivity index (χ1) is 10.7. The number of anilines is 1. The summed E-state index contributed by atoms with van der Waals surface area (Å²) < 4.78 is 0. The normalized spacial score (nSPS) is 13.8. The Bertz CT molecular complexity index is 692. The predicted octanol–water partition coefficient (Wildman–Crippen LogP) is 5.17. The lowest BCUT2D eigenvalue weighted by atomic mass is 10.0. The van der Waals surface area contributed by atoms with Crippen LogP contribution in [0.25, 0.3) is 6.08 Å². The quantitative estimate of drug-likeness (QED) is 0.749. The van der Waals surface area contributed by atoms with Gasteiger partial charge in [0.1, 0.15) is 0 Å². The summed E-state index contributed by atoms with van der Waals surface area (Å²) in [4.78, 5) is 0. The van der Waals surface area contributed by atoms with Crippen molar-refractivity contribution in [2.75, 3.05) is 11.9 Å². The molecule has 0 fully saturated rings. The summed E-state index contributed by atoms with van der Waals surface area (Å²) in [6.07, 6.45) is 7.93. The monoisotopic (exact) mass is 289 g/mol. The van der Waals surface area contributed by atoms with E-state index in [9.17, 15) is 0 Å². The van der Waals surface area contributed by atoms with E-state index in [0.717, 1.165) is 12.2 Å². The second-order valence-corrected chi connectivity index (χ2v) is 6.02. The summed E-state index contributed by atoms with van der Waals surface area (Å²) in [6, 6.07) is 15.3. The van der Waals surface area contributed by atoms with Gasteiger partial charge in [-0.25, -0.2) is 0 Å². The SMILES string of the molecule is C=C/C(=C/c1ccc2c(c1)CCC2)CNc1ccc(C)cc1. The molecule has 0 aliphatic heterocycles. The standard InChI is InChI=1S/C21H23N/c1-3-17(15-22-21-11-7-16(2)8-12-21)13-18-9-10-19-5-4-6-20(19)14-18/h3,7-14,22H,1,4-6,15H2,2H3/b17-13-. The van der Waals surface area contributed by atoms with E-state index in [1.807, 2.05) is 6.08 Å². The largest absolute Gasteiger partial charge is 0.381 e. The molecule has 0 radical (unpaired) electrons. The van der Waals surface area contributed by atoms with Gasteiger partial charge >= 0.3 is 0 Å². The molecule has 1 aliphatic carbocycles. The van der Waals surface area contributed by atoms with Crippen LogP contribution in [0.5, 0.6) is 0 Å². The molecule has 2 aromatic carbocycles. The first kappa shape index (κ1) is 14.6. The molecule has 0 bridgehead atoms. The third-order valence-electron chi connectivity index (χ3n) is 4.29. The number of benzene rings is 2. The van der Waals surface area contributed by atoms with Gasteiger partial charge in [0.2, 0.25) is 0 Å². The molecule has 0 amide bonds. The Kier molecular flexibility index (Phi) is 4.43. The lowest BCUT2D eigenvalue weighted by Gasteiger charge is -2.08. The molecule has 1 heteroatoms. The predicted molar refractivity (Wildman–Crippen MR) is 96.3 cm³/mol. The van der Waals surface area contributed by atoms with E-state index in [-0.39, 0.29) is 0 Å². The van der Waals surface area contributed by atoms with Gasteiger partial charge in [0.25, 0.3) is 0 Å². The average Bonchev–Trinajstić information content (AvgIpc) is 3.00. The van der Waals surface area contributed by atoms with Crippen molar-refractivity contribution in [3.63, 3.8) is 0 Å². The zero-order valence-electron chi connectivity index (χ0n) is 13.2. The summed E-state index contributed by atoms with van der Waals surface area (Å²) in [5.74, 6) is 0. The van der Waals surface area contributed by atoms with Gasteiger partial charge in [-0.05, 0) is 66.7 Å². The maximum absolute atomic E-state index is 3.95. The van der Waals surface area contributed by atoms with Crippen molar-refractivity contribution in [1.82, 2.24) is 0 Å². The van der Waals surface area contributed by atoms with Crippen LogP contribution in [-0.4, -0.2) is 6.54 Å². The van der Waals surface area contributed by atoms with Crippen LogP contribution in [0.1, 0.15) is 28.7 Å². The molecule has 1 N–H and O–H groups in total. The zero-order valence-corrected chi connectivity index (χ0v) is 13.2. The van der Waals surface area contributed by atoms with E-state index in [2.05, 4.69) is 67.4 Å². The van der Waals surface area contributed by atoms with Crippen LogP contribution in [0.2, 0.25) is 0 Å². The fourth-order valence-corrected chi connectivity index (χ4v) is 2.95. The molecule has 0 unspecified atom stereocenters. The van der Waals surface area contributed by atoms with Gasteiger partial charge in [-0.1, -0.05) is 48.6 Å². The lowest BCUT2D eigenvalue weighted by Crippen LogP contribution is -2.03. The lowest BCUT2D eigenvalue weighted by molar-refractivity contribution is 0.912. The third-order valence-corrected chi connectivity index (χ3v) is 4.29. The number of hydrogen-bond acceptors (Lipinski definition) is 1. The van der Waals surface area contributed by atoms with Crippen molar-refractivity contribution < 1.29 is 0 Å². The Morgan fingerprint density at radius 1 is 1.09 bits per heavy atom. The van der Waals surface area contributed by atoms with Crippen LogP contribution in [0.3, 0.4) is 0 Å². The molecular weight excluding hydrogens is 266 g/mol. The summed E-state index contributed by atoms with van der Waals surface area (Å²) in [5.41, 5.74) is 7.95. The first-order valence-electron chi connectivity index (χ1n) is 8.00. The van der Waals surface area contributed by atoms with Crippen LogP contribution in [0, 0.1) is 6.92 Å². The van der Waals surface area contributed by atoms with Crippen LogP contribution in [0.4, 0.5) is 5.69 Å². The Labute approximate surface area is 133 Å². The third kappa shape index (κ3) is 3.48. The summed E-state index contributed by atoms with van der Waals surface area (Å²) in [6.45, 7) is 6.85. The maximum atomic E-state index is 3.95. The molecule has 1 aliphatic rings. The Hall–Kier alpha value is -2.28. The number of hydrogen-bond donors (Lipinski definition) is 1. The molecule has 0 spiro atoms. The van der Waals surface area contributed by atoms with Gasteiger partial charge in [-0.2, -0.15) is 0 Å². The fourth-order valence-electron chi connectivity index (χ4n) is 2.95. The first-order valence-corrected chi connectivity index (χ1v) is 8.00. The van der Waals surface area contributed by atoms with E-state index in [1.165, 1.54) is 47.1 Å². The summed E-state index contributed by atoms with van der Waals surface area (Å²) in [5, 5.41) is 3.46. The van der Waals surface area contributed by atoms with Crippen LogP contribution < -0.4 is 5.32 Å². The molecular formula is C21H23N. The van der Waals surface area contributed by atoms with Crippen molar-refractivity contribution in [3.8, 4) is 0 Å². The zero-order chi connectivity index (χ0) is 15.4. The molecule has 22 heavy (non-hydrogen) atoms. The highest BCUT2D eigenvalue weighted by atomic mass is 14.9. The average molecular weight is 289 g/mol. The van der Waals surface area contributed by atoms with Crippen molar-refractivity contribution in [1.29, 1.82) is 0 Å². The van der Waals surface area contributed by atoms with Gasteiger partial charge in [-0.3, -0.25) is 0 Å². The minimum absolute atomic E-state index is 0.795. The molecule has 1 nitrogen and oxygen atoms in total. The van der Waals surface area contributed by atoms with Crippen molar-refractivity contribution in [2.24, 2.45) is 0 Å². The van der Waals surface area contributed by atoms with E-state index in [4.69, 9.17) is 0 Å². The van der Waals surface area contributed by atoms with Crippen LogP contribution in [0.15, 0.2) is 60.7 Å². The Morgan fingerprint density at radius 3 is 2.64 bits per heavy atom. The molecule has 3 rings (SSSR count). The van der Waals surface area contributed by atoms with E-state index < -0.39 is 0 Å². The summed E-state index contributed by atoms with van der Waals surface area (Å²) in [7, 11) is 0. The van der Waals surface area contributed by atoms with Gasteiger partial charge in [0.05, 0.1) is 0 Å². The van der Waals surface area contributed by atoms with E-state index >= 15 is 0 Å². The van der Waals surface area contributed by atoms with E-state index in [0.29, 0.717) is 0 Å². The highest BCUT2D eigenvalue weighted by Crippen LogP contribution is 2.24. The number of rotatable bonds is 5. The highest BCUT2D eigenvalue weighted by molar-refractivity contribution is 5.59. The number of fused-ring (bicyclic) bond motifs is 1. The Morgan fingerprint density at radius 2 is 1.86 bits per heavy atom. The van der Waals surface area contributed by atoms with Gasteiger partial charge < -0.3 is 5.32 Å². The van der Waals surface area contributed by atoms with Gasteiger partial charge in [0.15, 0.2) is 0 Å². The topological polar surface area (TPSA) is 12.0 Å². The van der Waals surface area contributed by atoms with Crippen LogP contribution >= 0.6 is 0 Å². The van der Waals surface area contributed by atoms with Crippen LogP contribution in [-0.2, 0) is 12.8 Å². The molecule has 0 saturated carbocycles. The van der Waals surface area contributed by atoms with Gasteiger partial charge in [0, 0.05) is 12.2 Å². The minimum atomic E-state index is 0.795. The molecule has 0 aromatic heterocycles. The molecule has 2 aromatic rings. The van der Waals surface area contributed by atoms with Crippen molar-refractivity contribution >= 4 is 11.8 Å².